The summed E-state index contributed by atoms with van der Waals surface area (Å²) in [5.74, 6) is 0. The van der Waals surface area contributed by atoms with Crippen LogP contribution >= 0.6 is 0 Å². The monoisotopic (exact) mass is 393 g/mol. The van der Waals surface area contributed by atoms with Gasteiger partial charge in [-0.15, -0.1) is 0 Å². The molecule has 2 atom stereocenters. The molecular weight excluding hydrogens is 369 g/mol. The molecule has 126 valence electrons. The van der Waals surface area contributed by atoms with Crippen LogP contribution in [0.15, 0.2) is 91.0 Å². The Kier molecular flexibility index (Phi) is 5.32. The zero-order chi connectivity index (χ0) is 16.9. The first kappa shape index (κ1) is 16.6. The minimum atomic E-state index is 0.558. The first-order chi connectivity index (χ1) is 12.4. The second-order valence-corrected chi connectivity index (χ2v) is 8.89. The Bertz CT molecular complexity index is 771. The van der Waals surface area contributed by atoms with Crippen LogP contribution < -0.4 is 4.46 Å². The van der Waals surface area contributed by atoms with Gasteiger partial charge in [0.05, 0.1) is 0 Å². The fourth-order valence-electron chi connectivity index (χ4n) is 3.55. The summed E-state index contributed by atoms with van der Waals surface area (Å²) in [5.41, 5.74) is 2.88. The van der Waals surface area contributed by atoms with Gasteiger partial charge in [-0.05, 0) is 0 Å². The summed E-state index contributed by atoms with van der Waals surface area (Å²) in [5, 5.41) is 1.30. The van der Waals surface area contributed by atoms with Crippen molar-refractivity contribution in [1.82, 2.24) is 4.90 Å². The summed E-state index contributed by atoms with van der Waals surface area (Å²) in [7, 11) is 0. The van der Waals surface area contributed by atoms with Crippen LogP contribution in [-0.4, -0.2) is 25.9 Å². The predicted octanol–water partition coefficient (Wildman–Crippen LogP) is 4.45. The van der Waals surface area contributed by atoms with Gasteiger partial charge in [0.15, 0.2) is 0 Å². The molecule has 0 spiro atoms. The van der Waals surface area contributed by atoms with Gasteiger partial charge in [0.2, 0.25) is 0 Å². The molecule has 0 aromatic heterocycles. The van der Waals surface area contributed by atoms with E-state index in [1.165, 1.54) is 27.3 Å². The molecular formula is C23H23NSe. The van der Waals surface area contributed by atoms with Crippen molar-refractivity contribution < 1.29 is 0 Å². The Hall–Kier alpha value is -1.86. The fourth-order valence-corrected chi connectivity index (χ4v) is 5.78. The van der Waals surface area contributed by atoms with E-state index in [0.29, 0.717) is 27.0 Å². The Balaban J connectivity index is 1.47. The van der Waals surface area contributed by atoms with Crippen molar-refractivity contribution in [3.8, 4) is 0 Å². The molecule has 25 heavy (non-hydrogen) atoms. The molecule has 2 heteroatoms. The molecule has 0 unspecified atom stereocenters. The van der Waals surface area contributed by atoms with Crippen molar-refractivity contribution in [2.24, 2.45) is 0 Å². The van der Waals surface area contributed by atoms with E-state index in [4.69, 9.17) is 0 Å². The summed E-state index contributed by atoms with van der Waals surface area (Å²) in [6.45, 7) is 1.05. The van der Waals surface area contributed by atoms with Gasteiger partial charge in [-0.3, -0.25) is 0 Å². The second-order valence-electron chi connectivity index (χ2n) is 6.60. The van der Waals surface area contributed by atoms with Gasteiger partial charge in [0.1, 0.15) is 0 Å². The molecule has 0 saturated carbocycles. The molecule has 1 nitrogen and oxygen atoms in total. The normalized spacial score (nSPS) is 20.2. The van der Waals surface area contributed by atoms with Crippen molar-refractivity contribution in [1.29, 1.82) is 0 Å². The summed E-state index contributed by atoms with van der Waals surface area (Å²) in [4.78, 5) is 2.70. The van der Waals surface area contributed by atoms with E-state index in [1.54, 1.807) is 0 Å². The van der Waals surface area contributed by atoms with Crippen molar-refractivity contribution in [2.75, 3.05) is 0 Å². The fraction of sp³-hybridized carbons (Fsp3) is 0.217. The Morgan fingerprint density at radius 1 is 0.760 bits per heavy atom. The van der Waals surface area contributed by atoms with E-state index >= 15 is 0 Å². The average molecular weight is 392 g/mol. The first-order valence-corrected chi connectivity index (χ1v) is 11.0. The minimum absolute atomic E-state index is 0.558. The molecule has 1 aliphatic rings. The molecule has 0 aliphatic carbocycles. The van der Waals surface area contributed by atoms with Crippen LogP contribution in [-0.2, 0) is 6.54 Å². The maximum atomic E-state index is 2.70. The number of hydrogen-bond acceptors (Lipinski definition) is 1. The van der Waals surface area contributed by atoms with Gasteiger partial charge in [-0.2, -0.15) is 0 Å². The topological polar surface area (TPSA) is 3.24 Å². The van der Waals surface area contributed by atoms with E-state index < -0.39 is 0 Å². The van der Waals surface area contributed by atoms with Gasteiger partial charge in [-0.1, -0.05) is 0 Å². The van der Waals surface area contributed by atoms with Gasteiger partial charge < -0.3 is 0 Å². The third-order valence-electron chi connectivity index (χ3n) is 4.94. The summed E-state index contributed by atoms with van der Waals surface area (Å²) < 4.78 is 1.51. The van der Waals surface area contributed by atoms with E-state index in [2.05, 4.69) is 95.9 Å². The first-order valence-electron chi connectivity index (χ1n) is 8.92. The average Bonchev–Trinajstić information content (AvgIpc) is 2.68. The van der Waals surface area contributed by atoms with E-state index in [-0.39, 0.29) is 0 Å². The molecule has 0 amide bonds. The molecule has 1 heterocycles. The Morgan fingerprint density at radius 3 is 2.04 bits per heavy atom. The van der Waals surface area contributed by atoms with Crippen molar-refractivity contribution in [3.63, 3.8) is 0 Å². The third kappa shape index (κ3) is 4.04. The zero-order valence-electron chi connectivity index (χ0n) is 14.3. The molecule has 1 aliphatic heterocycles. The number of benzene rings is 3. The molecule has 0 N–H and O–H groups in total. The SMILES string of the molecule is c1ccc(CN2[C@H](C[Se]c3ccccc3)C[C@@H]2c2ccccc2)cc1. The van der Waals surface area contributed by atoms with Crippen LogP contribution in [0.3, 0.4) is 0 Å². The Labute approximate surface area is 156 Å². The van der Waals surface area contributed by atoms with Crippen LogP contribution in [0.4, 0.5) is 0 Å². The third-order valence-corrected chi connectivity index (χ3v) is 7.37. The summed E-state index contributed by atoms with van der Waals surface area (Å²) >= 11 is 0.558. The summed E-state index contributed by atoms with van der Waals surface area (Å²) in [6.07, 6.45) is 1.28. The predicted molar refractivity (Wildman–Crippen MR) is 106 cm³/mol. The van der Waals surface area contributed by atoms with Crippen molar-refractivity contribution in [2.45, 2.75) is 30.4 Å². The van der Waals surface area contributed by atoms with Gasteiger partial charge >= 0.3 is 157 Å². The molecule has 0 bridgehead atoms. The molecule has 3 aromatic rings. The van der Waals surface area contributed by atoms with Crippen molar-refractivity contribution in [3.05, 3.63) is 102 Å². The number of hydrogen-bond donors (Lipinski definition) is 0. The molecule has 0 radical (unpaired) electrons. The summed E-state index contributed by atoms with van der Waals surface area (Å²) in [6, 6.07) is 34.1. The van der Waals surface area contributed by atoms with Crippen LogP contribution in [0.1, 0.15) is 23.6 Å². The molecule has 1 fully saturated rings. The zero-order valence-corrected chi connectivity index (χ0v) is 16.0. The van der Waals surface area contributed by atoms with Crippen LogP contribution in [0.5, 0.6) is 0 Å². The van der Waals surface area contributed by atoms with Crippen molar-refractivity contribution >= 4 is 19.4 Å². The maximum absolute atomic E-state index is 2.70. The van der Waals surface area contributed by atoms with Gasteiger partial charge in [-0.25, -0.2) is 0 Å². The van der Waals surface area contributed by atoms with Crippen LogP contribution in [0, 0.1) is 0 Å². The van der Waals surface area contributed by atoms with E-state index in [0.717, 1.165) is 6.54 Å². The number of likely N-dealkylation sites (tertiary alicyclic amines) is 1. The Morgan fingerprint density at radius 2 is 1.36 bits per heavy atom. The van der Waals surface area contributed by atoms with Gasteiger partial charge in [0.25, 0.3) is 0 Å². The van der Waals surface area contributed by atoms with E-state index in [1.807, 2.05) is 0 Å². The second kappa shape index (κ2) is 8.01. The number of nitrogens with zero attached hydrogens (tertiary/aromatic N) is 1. The molecule has 1 saturated heterocycles. The van der Waals surface area contributed by atoms with Crippen LogP contribution in [0.25, 0.3) is 0 Å². The molecule has 3 aromatic carbocycles. The van der Waals surface area contributed by atoms with E-state index in [9.17, 15) is 0 Å². The van der Waals surface area contributed by atoms with Crippen LogP contribution in [0.2, 0.25) is 5.32 Å². The van der Waals surface area contributed by atoms with Gasteiger partial charge in [0, 0.05) is 0 Å². The standard InChI is InChI=1S/C23H23NSe/c1-4-10-19(11-5-1)17-24-21(18-25-22-14-8-3-9-15-22)16-23(24)20-12-6-2-7-13-20/h1-15,21,23H,16-18H2/t21-,23+/m0/s1. The number of rotatable bonds is 6. The quantitative estimate of drug-likeness (QED) is 0.561. The molecule has 4 rings (SSSR count).